The van der Waals surface area contributed by atoms with Gasteiger partial charge in [-0.25, -0.2) is 4.39 Å². The minimum absolute atomic E-state index is 0.0204. The summed E-state index contributed by atoms with van der Waals surface area (Å²) in [4.78, 5) is 18.8. The second-order valence-electron chi connectivity index (χ2n) is 9.05. The summed E-state index contributed by atoms with van der Waals surface area (Å²) in [5.74, 6) is -1.14. The largest absolute Gasteiger partial charge is 0.454 e. The summed E-state index contributed by atoms with van der Waals surface area (Å²) in [7, 11) is -4.42. The smallest absolute Gasteiger partial charge is 0.356 e. The van der Waals surface area contributed by atoms with Gasteiger partial charge in [-0.2, -0.15) is 4.39 Å². The molecule has 7 heteroatoms. The van der Waals surface area contributed by atoms with E-state index in [1.807, 2.05) is 0 Å². The maximum atomic E-state index is 15.0. The molecule has 32 heavy (non-hydrogen) atoms. The highest BCUT2D eigenvalue weighted by molar-refractivity contribution is 7.60. The number of unbranched alkanes of at least 4 members (excludes halogenated alkanes) is 2. The van der Waals surface area contributed by atoms with Crippen LogP contribution in [0.1, 0.15) is 80.9 Å². The summed E-state index contributed by atoms with van der Waals surface area (Å²) in [5.41, 5.74) is 1.29. The summed E-state index contributed by atoms with van der Waals surface area (Å²) in [5, 5.41) is -0.132. The first-order valence-corrected chi connectivity index (χ1v) is 13.1. The van der Waals surface area contributed by atoms with Crippen LogP contribution in [0.4, 0.5) is 8.78 Å². The minimum Gasteiger partial charge on any atom is -0.454 e. The molecule has 0 heterocycles. The van der Waals surface area contributed by atoms with Crippen molar-refractivity contribution in [2.24, 2.45) is 5.92 Å². The summed E-state index contributed by atoms with van der Waals surface area (Å²) >= 11 is 0. The van der Waals surface area contributed by atoms with Gasteiger partial charge in [-0.1, -0.05) is 38.7 Å². The molecule has 0 unspecified atom stereocenters. The van der Waals surface area contributed by atoms with Crippen LogP contribution >= 0.6 is 7.60 Å². The molecule has 1 aliphatic rings. The molecular weight excluding hydrogens is 433 g/mol. The molecule has 1 fully saturated rings. The molecule has 2 N–H and O–H groups in total. The number of hydrogen-bond donors (Lipinski definition) is 2. The van der Waals surface area contributed by atoms with Crippen LogP contribution in [0.5, 0.6) is 11.5 Å². The number of hydrogen-bond acceptors (Lipinski definition) is 2. The van der Waals surface area contributed by atoms with Crippen molar-refractivity contribution in [1.29, 1.82) is 0 Å². The zero-order chi connectivity index (χ0) is 23.5. The lowest BCUT2D eigenvalue weighted by Crippen LogP contribution is -2.15. The van der Waals surface area contributed by atoms with E-state index in [0.717, 1.165) is 25.7 Å². The van der Waals surface area contributed by atoms with Crippen LogP contribution in [-0.4, -0.2) is 9.79 Å². The number of aryl methyl sites for hydroxylation is 2. The van der Waals surface area contributed by atoms with Crippen LogP contribution in [0.25, 0.3) is 0 Å². The highest BCUT2D eigenvalue weighted by atomic mass is 31.2. The average Bonchev–Trinajstić information content (AvgIpc) is 2.74. The number of ether oxygens (including phenoxy) is 1. The second kappa shape index (κ2) is 10.5. The Hall–Kier alpha value is -1.75. The van der Waals surface area contributed by atoms with Gasteiger partial charge in [0.1, 0.15) is 5.75 Å². The maximum Gasteiger partial charge on any atom is 0.356 e. The van der Waals surface area contributed by atoms with Crippen molar-refractivity contribution in [1.82, 2.24) is 0 Å². The first-order chi connectivity index (χ1) is 15.1. The molecule has 0 atom stereocenters. The lowest BCUT2D eigenvalue weighted by molar-refractivity contribution is 0.297. The summed E-state index contributed by atoms with van der Waals surface area (Å²) in [6, 6.07) is 5.69. The third-order valence-electron chi connectivity index (χ3n) is 6.57. The molecule has 176 valence electrons. The minimum atomic E-state index is -4.42. The van der Waals surface area contributed by atoms with E-state index in [1.165, 1.54) is 43.9 Å². The number of halogens is 2. The Balaban J connectivity index is 1.74. The summed E-state index contributed by atoms with van der Waals surface area (Å²) < 4.78 is 47.0. The Labute approximate surface area is 189 Å². The molecule has 3 rings (SSSR count). The predicted molar refractivity (Wildman–Crippen MR) is 123 cm³/mol. The number of rotatable bonds is 8. The lowest BCUT2D eigenvalue weighted by Gasteiger charge is -2.29. The quantitative estimate of drug-likeness (QED) is 0.324. The average molecular weight is 467 g/mol. The van der Waals surface area contributed by atoms with Crippen molar-refractivity contribution in [3.63, 3.8) is 0 Å². The van der Waals surface area contributed by atoms with E-state index in [2.05, 4.69) is 6.92 Å². The molecule has 4 nitrogen and oxygen atoms in total. The Morgan fingerprint density at radius 2 is 1.62 bits per heavy atom. The monoisotopic (exact) mass is 466 g/mol. The van der Waals surface area contributed by atoms with Crippen LogP contribution in [0, 0.1) is 31.4 Å². The van der Waals surface area contributed by atoms with Crippen LogP contribution in [0.15, 0.2) is 24.3 Å². The molecule has 0 amide bonds. The first-order valence-electron chi connectivity index (χ1n) is 11.4. The molecule has 1 aliphatic carbocycles. The molecule has 0 aromatic heterocycles. The van der Waals surface area contributed by atoms with Crippen LogP contribution in [-0.2, 0) is 4.57 Å². The molecule has 2 aromatic carbocycles. The van der Waals surface area contributed by atoms with Gasteiger partial charge in [-0.3, -0.25) is 4.57 Å². The number of benzene rings is 2. The predicted octanol–water partition coefficient (Wildman–Crippen LogP) is 7.03. The standard InChI is InChI=1S/C25H33F2O4P/c1-4-5-6-7-18-8-10-19(11-9-18)21-12-13-22(24(27)23(21)26)31-25-16(2)14-20(15-17(25)3)32(28,29)30/h12-15,18-19H,4-11H2,1-3H3,(H2,28,29,30). The molecule has 0 saturated heterocycles. The molecule has 2 aromatic rings. The van der Waals surface area contributed by atoms with E-state index in [0.29, 0.717) is 22.6 Å². The summed E-state index contributed by atoms with van der Waals surface area (Å²) in [6.07, 6.45) is 8.78. The van der Waals surface area contributed by atoms with Crippen LogP contribution in [0.2, 0.25) is 0 Å². The van der Waals surface area contributed by atoms with Crippen molar-refractivity contribution in [2.75, 3.05) is 0 Å². The molecular formula is C25H33F2O4P. The fraction of sp³-hybridized carbons (Fsp3) is 0.520. The SMILES string of the molecule is CCCCCC1CCC(c2ccc(Oc3c(C)cc(P(=O)(O)O)cc3C)c(F)c2F)CC1. The van der Waals surface area contributed by atoms with Crippen LogP contribution in [0.3, 0.4) is 0 Å². The molecule has 0 bridgehead atoms. The van der Waals surface area contributed by atoms with Gasteiger partial charge in [0.05, 0.1) is 5.30 Å². The van der Waals surface area contributed by atoms with Gasteiger partial charge in [-0.05, 0) is 86.3 Å². The van der Waals surface area contributed by atoms with Crippen molar-refractivity contribution in [3.05, 3.63) is 52.6 Å². The van der Waals surface area contributed by atoms with Gasteiger partial charge < -0.3 is 14.5 Å². The maximum absolute atomic E-state index is 15.0. The van der Waals surface area contributed by atoms with E-state index in [1.54, 1.807) is 19.9 Å². The highest BCUT2D eigenvalue weighted by Crippen LogP contribution is 2.41. The normalized spacial score (nSPS) is 19.2. The van der Waals surface area contributed by atoms with E-state index >= 15 is 0 Å². The van der Waals surface area contributed by atoms with Gasteiger partial charge in [0, 0.05) is 0 Å². The van der Waals surface area contributed by atoms with E-state index in [4.69, 9.17) is 4.74 Å². The van der Waals surface area contributed by atoms with E-state index in [-0.39, 0.29) is 22.7 Å². The highest BCUT2D eigenvalue weighted by Gasteiger charge is 2.27. The van der Waals surface area contributed by atoms with Crippen molar-refractivity contribution < 1.29 is 27.9 Å². The second-order valence-corrected chi connectivity index (χ2v) is 10.7. The van der Waals surface area contributed by atoms with Gasteiger partial charge in [-0.15, -0.1) is 0 Å². The third-order valence-corrected chi connectivity index (χ3v) is 7.50. The Kier molecular flexibility index (Phi) is 8.13. The fourth-order valence-electron chi connectivity index (χ4n) is 4.75. The fourth-order valence-corrected chi connectivity index (χ4v) is 5.48. The van der Waals surface area contributed by atoms with Gasteiger partial charge in [0.2, 0.25) is 5.82 Å². The lowest BCUT2D eigenvalue weighted by atomic mass is 9.77. The van der Waals surface area contributed by atoms with Crippen LogP contribution < -0.4 is 10.0 Å². The van der Waals surface area contributed by atoms with E-state index < -0.39 is 19.2 Å². The topological polar surface area (TPSA) is 66.8 Å². The third kappa shape index (κ3) is 5.78. The van der Waals surface area contributed by atoms with E-state index in [9.17, 15) is 23.1 Å². The molecule has 0 radical (unpaired) electrons. The zero-order valence-corrected chi connectivity index (χ0v) is 19.9. The molecule has 1 saturated carbocycles. The van der Waals surface area contributed by atoms with Crippen molar-refractivity contribution in [3.8, 4) is 11.5 Å². The van der Waals surface area contributed by atoms with Gasteiger partial charge in [0.25, 0.3) is 0 Å². The first kappa shape index (κ1) is 24.9. The van der Waals surface area contributed by atoms with Gasteiger partial charge in [0.15, 0.2) is 11.6 Å². The Bertz CT molecular complexity index is 971. The Morgan fingerprint density at radius 1 is 1.00 bits per heavy atom. The van der Waals surface area contributed by atoms with Crippen molar-refractivity contribution >= 4 is 12.9 Å². The molecule has 0 spiro atoms. The Morgan fingerprint density at radius 3 is 2.19 bits per heavy atom. The summed E-state index contributed by atoms with van der Waals surface area (Å²) in [6.45, 7) is 5.42. The van der Waals surface area contributed by atoms with Gasteiger partial charge >= 0.3 is 7.60 Å². The zero-order valence-electron chi connectivity index (χ0n) is 19.0. The molecule has 0 aliphatic heterocycles. The van der Waals surface area contributed by atoms with Crippen molar-refractivity contribution in [2.45, 2.75) is 78.1 Å².